The number of hydrogen-bond acceptors (Lipinski definition) is 4. The van der Waals surface area contributed by atoms with Crippen LogP contribution in [-0.4, -0.2) is 33.0 Å². The highest BCUT2D eigenvalue weighted by Crippen LogP contribution is 2.21. The van der Waals surface area contributed by atoms with Crippen molar-refractivity contribution in [3.63, 3.8) is 0 Å². The molecule has 7 heteroatoms. The topological polar surface area (TPSA) is 84.5 Å². The van der Waals surface area contributed by atoms with Crippen LogP contribution in [0.3, 0.4) is 0 Å². The van der Waals surface area contributed by atoms with E-state index >= 15 is 0 Å². The van der Waals surface area contributed by atoms with Crippen LogP contribution in [-0.2, 0) is 14.8 Å². The monoisotopic (exact) mass is 328 g/mol. The lowest BCUT2D eigenvalue weighted by molar-refractivity contribution is -0.123. The third kappa shape index (κ3) is 4.99. The van der Waals surface area contributed by atoms with Gasteiger partial charge in [0.15, 0.2) is 0 Å². The Labute approximate surface area is 132 Å². The molecular weight excluding hydrogens is 304 g/mol. The fourth-order valence-electron chi connectivity index (χ4n) is 1.85. The number of carbonyl (C=O) groups excluding carboxylic acids is 1. The van der Waals surface area contributed by atoms with E-state index in [0.717, 1.165) is 0 Å². The summed E-state index contributed by atoms with van der Waals surface area (Å²) >= 11 is 0. The number of nitrogens with one attached hydrogen (secondary N) is 2. The average Bonchev–Trinajstić information content (AvgIpc) is 2.36. The maximum Gasteiger partial charge on any atom is 0.241 e. The van der Waals surface area contributed by atoms with Crippen molar-refractivity contribution in [2.24, 2.45) is 0 Å². The van der Waals surface area contributed by atoms with E-state index in [0.29, 0.717) is 11.3 Å². The minimum Gasteiger partial charge on any atom is -0.496 e. The maximum atomic E-state index is 12.3. The molecule has 2 N–H and O–H groups in total. The summed E-state index contributed by atoms with van der Waals surface area (Å²) in [6.45, 7) is 8.76. The van der Waals surface area contributed by atoms with Gasteiger partial charge in [0.25, 0.3) is 0 Å². The van der Waals surface area contributed by atoms with Crippen LogP contribution >= 0.6 is 0 Å². The molecule has 0 heterocycles. The van der Waals surface area contributed by atoms with Gasteiger partial charge in [-0.15, -0.1) is 0 Å². The van der Waals surface area contributed by atoms with Gasteiger partial charge in [0.05, 0.1) is 18.0 Å². The van der Waals surface area contributed by atoms with Gasteiger partial charge in [0, 0.05) is 5.54 Å². The number of methoxy groups -OCH3 is 1. The zero-order valence-corrected chi connectivity index (χ0v) is 14.7. The Balaban J connectivity index is 2.91. The highest BCUT2D eigenvalue weighted by molar-refractivity contribution is 7.89. The molecule has 0 fully saturated rings. The van der Waals surface area contributed by atoms with E-state index < -0.39 is 21.6 Å². The van der Waals surface area contributed by atoms with Gasteiger partial charge in [-0.05, 0) is 58.4 Å². The minimum absolute atomic E-state index is 0.0983. The lowest BCUT2D eigenvalue weighted by Gasteiger charge is -2.23. The second-order valence-corrected chi connectivity index (χ2v) is 7.93. The van der Waals surface area contributed by atoms with Gasteiger partial charge < -0.3 is 10.1 Å². The summed E-state index contributed by atoms with van der Waals surface area (Å²) in [5, 5.41) is 2.74. The lowest BCUT2D eigenvalue weighted by atomic mass is 10.1. The SMILES string of the molecule is COc1ccc(S(=O)(=O)N[C@@H](C)C(=O)NC(C)(C)C)cc1C. The van der Waals surface area contributed by atoms with Crippen molar-refractivity contribution in [3.8, 4) is 5.75 Å². The summed E-state index contributed by atoms with van der Waals surface area (Å²) in [5.74, 6) is 0.235. The zero-order chi connectivity index (χ0) is 17.1. The summed E-state index contributed by atoms with van der Waals surface area (Å²) in [6, 6.07) is 3.67. The number of benzene rings is 1. The summed E-state index contributed by atoms with van der Waals surface area (Å²) in [6.07, 6.45) is 0. The summed E-state index contributed by atoms with van der Waals surface area (Å²) in [4.78, 5) is 12.1. The highest BCUT2D eigenvalue weighted by Gasteiger charge is 2.25. The number of aryl methyl sites for hydroxylation is 1. The fraction of sp³-hybridized carbons (Fsp3) is 0.533. The molecule has 0 aliphatic heterocycles. The Morgan fingerprint density at radius 2 is 1.86 bits per heavy atom. The molecule has 0 aliphatic rings. The molecular formula is C15H24N2O4S. The molecule has 1 aromatic carbocycles. The molecule has 0 saturated heterocycles. The van der Waals surface area contributed by atoms with Gasteiger partial charge in [-0.2, -0.15) is 4.72 Å². The van der Waals surface area contributed by atoms with Gasteiger partial charge in [-0.1, -0.05) is 0 Å². The third-order valence-electron chi connectivity index (χ3n) is 2.90. The first-order valence-corrected chi connectivity index (χ1v) is 8.43. The highest BCUT2D eigenvalue weighted by atomic mass is 32.2. The molecule has 0 aromatic heterocycles. The summed E-state index contributed by atoms with van der Waals surface area (Å²) in [7, 11) is -2.25. The molecule has 0 saturated carbocycles. The Morgan fingerprint density at radius 1 is 1.27 bits per heavy atom. The number of ether oxygens (including phenoxy) is 1. The standard InChI is InChI=1S/C15H24N2O4S/c1-10-9-12(7-8-13(10)21-6)22(19,20)17-11(2)14(18)16-15(3,4)5/h7-9,11,17H,1-6H3,(H,16,18)/t11-/m0/s1. The molecule has 0 radical (unpaired) electrons. The van der Waals surface area contributed by atoms with Crippen LogP contribution in [0.4, 0.5) is 0 Å². The minimum atomic E-state index is -3.77. The molecule has 0 spiro atoms. The van der Waals surface area contributed by atoms with Crippen molar-refractivity contribution in [1.82, 2.24) is 10.0 Å². The number of hydrogen-bond donors (Lipinski definition) is 2. The molecule has 0 bridgehead atoms. The molecule has 1 atom stereocenters. The van der Waals surface area contributed by atoms with E-state index in [9.17, 15) is 13.2 Å². The largest absolute Gasteiger partial charge is 0.496 e. The summed E-state index contributed by atoms with van der Waals surface area (Å²) in [5.41, 5.74) is 0.283. The first-order valence-electron chi connectivity index (χ1n) is 6.95. The van der Waals surface area contributed by atoms with E-state index in [1.54, 1.807) is 13.0 Å². The maximum absolute atomic E-state index is 12.3. The molecule has 1 rings (SSSR count). The van der Waals surface area contributed by atoms with E-state index in [1.165, 1.54) is 26.2 Å². The van der Waals surface area contributed by atoms with Crippen molar-refractivity contribution < 1.29 is 17.9 Å². The Morgan fingerprint density at radius 3 is 2.32 bits per heavy atom. The molecule has 1 amide bonds. The fourth-order valence-corrected chi connectivity index (χ4v) is 3.14. The third-order valence-corrected chi connectivity index (χ3v) is 4.44. The molecule has 0 unspecified atom stereocenters. The molecule has 22 heavy (non-hydrogen) atoms. The van der Waals surface area contributed by atoms with Crippen LogP contribution in [0.2, 0.25) is 0 Å². The first-order chi connectivity index (χ1) is 9.96. The van der Waals surface area contributed by atoms with Crippen LogP contribution in [0, 0.1) is 6.92 Å². The molecule has 1 aromatic rings. The smallest absolute Gasteiger partial charge is 0.241 e. The van der Waals surface area contributed by atoms with Crippen molar-refractivity contribution >= 4 is 15.9 Å². The number of rotatable bonds is 5. The Kier molecular flexibility index (Phi) is 5.59. The number of carbonyl (C=O) groups is 1. The Hall–Kier alpha value is -1.60. The molecule has 0 aliphatic carbocycles. The van der Waals surface area contributed by atoms with Crippen molar-refractivity contribution in [3.05, 3.63) is 23.8 Å². The van der Waals surface area contributed by atoms with Gasteiger partial charge in [-0.25, -0.2) is 8.42 Å². The Bertz CT molecular complexity index is 648. The van der Waals surface area contributed by atoms with E-state index in [1.807, 2.05) is 20.8 Å². The molecule has 6 nitrogen and oxygen atoms in total. The second-order valence-electron chi connectivity index (χ2n) is 6.21. The van der Waals surface area contributed by atoms with Crippen molar-refractivity contribution in [2.45, 2.75) is 51.1 Å². The number of sulfonamides is 1. The van der Waals surface area contributed by atoms with E-state index in [2.05, 4.69) is 10.0 Å². The quantitative estimate of drug-likeness (QED) is 0.859. The molecule has 124 valence electrons. The summed E-state index contributed by atoms with van der Waals surface area (Å²) < 4.78 is 32.2. The normalized spacial score (nSPS) is 13.5. The number of amides is 1. The predicted octanol–water partition coefficient (Wildman–Crippen LogP) is 1.59. The van der Waals surface area contributed by atoms with Gasteiger partial charge in [-0.3, -0.25) is 4.79 Å². The van der Waals surface area contributed by atoms with Crippen LogP contribution in [0.25, 0.3) is 0 Å². The predicted molar refractivity (Wildman–Crippen MR) is 85.4 cm³/mol. The van der Waals surface area contributed by atoms with Crippen LogP contribution in [0.1, 0.15) is 33.3 Å². The van der Waals surface area contributed by atoms with Crippen LogP contribution in [0.5, 0.6) is 5.75 Å². The van der Waals surface area contributed by atoms with E-state index in [4.69, 9.17) is 4.74 Å². The van der Waals surface area contributed by atoms with Gasteiger partial charge in [0.2, 0.25) is 15.9 Å². The van der Waals surface area contributed by atoms with Gasteiger partial charge >= 0.3 is 0 Å². The van der Waals surface area contributed by atoms with Crippen molar-refractivity contribution in [1.29, 1.82) is 0 Å². The van der Waals surface area contributed by atoms with Crippen LogP contribution in [0.15, 0.2) is 23.1 Å². The van der Waals surface area contributed by atoms with Gasteiger partial charge in [0.1, 0.15) is 5.75 Å². The van der Waals surface area contributed by atoms with Crippen molar-refractivity contribution in [2.75, 3.05) is 7.11 Å². The second kappa shape index (κ2) is 6.66. The lowest BCUT2D eigenvalue weighted by Crippen LogP contribution is -2.50. The average molecular weight is 328 g/mol. The van der Waals surface area contributed by atoms with Crippen LogP contribution < -0.4 is 14.8 Å². The first kappa shape index (κ1) is 18.4. The zero-order valence-electron chi connectivity index (χ0n) is 13.9. The van der Waals surface area contributed by atoms with E-state index in [-0.39, 0.29) is 10.8 Å².